The third kappa shape index (κ3) is 3.83. The molecule has 0 spiro atoms. The fourth-order valence-electron chi connectivity index (χ4n) is 2.37. The Morgan fingerprint density at radius 2 is 1.83 bits per heavy atom. The maximum atomic E-state index is 14.1. The lowest BCUT2D eigenvalue weighted by atomic mass is 10.1. The molecule has 0 fully saturated rings. The van der Waals surface area contributed by atoms with Crippen molar-refractivity contribution in [1.29, 1.82) is 0 Å². The number of aromatic nitrogens is 2. The highest BCUT2D eigenvalue weighted by molar-refractivity contribution is 5.97. The number of halogens is 1. The molecular formula is C17H21FN2O3. The first-order chi connectivity index (χ1) is 11.1. The van der Waals surface area contributed by atoms with Gasteiger partial charge in [0.2, 0.25) is 18.0 Å². The summed E-state index contributed by atoms with van der Waals surface area (Å²) in [5, 5.41) is 0. The van der Waals surface area contributed by atoms with Crippen LogP contribution in [0, 0.1) is 5.95 Å². The minimum Gasteiger partial charge on any atom is -0.346 e. The summed E-state index contributed by atoms with van der Waals surface area (Å²) in [5.41, 5.74) is 0.816. The molecule has 2 aromatic rings. The zero-order chi connectivity index (χ0) is 16.8. The van der Waals surface area contributed by atoms with E-state index >= 15 is 0 Å². The van der Waals surface area contributed by atoms with E-state index < -0.39 is 18.0 Å². The minimum atomic E-state index is -1.13. The van der Waals surface area contributed by atoms with Gasteiger partial charge in [-0.15, -0.1) is 0 Å². The molecule has 1 heterocycles. The van der Waals surface area contributed by atoms with Gasteiger partial charge in [0.15, 0.2) is 0 Å². The van der Waals surface area contributed by atoms with Crippen molar-refractivity contribution in [2.45, 2.75) is 33.1 Å². The molecule has 0 unspecified atom stereocenters. The topological polar surface area (TPSA) is 53.4 Å². The van der Waals surface area contributed by atoms with Gasteiger partial charge in [0.25, 0.3) is 0 Å². The number of carbonyl (C=O) groups is 1. The van der Waals surface area contributed by atoms with Gasteiger partial charge < -0.3 is 14.0 Å². The quantitative estimate of drug-likeness (QED) is 0.553. The molecule has 1 aromatic carbocycles. The van der Waals surface area contributed by atoms with E-state index in [-0.39, 0.29) is 11.7 Å². The number of carbonyl (C=O) groups excluding carboxylic acids is 1. The molecule has 0 aliphatic heterocycles. The zero-order valence-corrected chi connectivity index (χ0v) is 13.5. The Bertz CT molecular complexity index is 637. The van der Waals surface area contributed by atoms with Crippen LogP contribution in [0.1, 0.15) is 42.9 Å². The second-order valence-electron chi connectivity index (χ2n) is 4.98. The van der Waals surface area contributed by atoms with Gasteiger partial charge in [-0.1, -0.05) is 30.3 Å². The number of hydrogen-bond donors (Lipinski definition) is 0. The van der Waals surface area contributed by atoms with Crippen LogP contribution in [0.4, 0.5) is 4.39 Å². The minimum absolute atomic E-state index is 0.131. The number of ketones is 1. The van der Waals surface area contributed by atoms with Gasteiger partial charge in [-0.25, -0.2) is 4.98 Å². The van der Waals surface area contributed by atoms with Crippen LogP contribution >= 0.6 is 0 Å². The summed E-state index contributed by atoms with van der Waals surface area (Å²) in [6.45, 7) is 5.96. The molecule has 124 valence electrons. The first kappa shape index (κ1) is 17.3. The van der Waals surface area contributed by atoms with Gasteiger partial charge in [-0.2, -0.15) is 4.39 Å². The molecule has 0 saturated heterocycles. The normalized spacial score (nSPS) is 12.6. The van der Waals surface area contributed by atoms with Gasteiger partial charge in [0.1, 0.15) is 5.69 Å². The van der Waals surface area contributed by atoms with Gasteiger partial charge in [-0.05, 0) is 26.3 Å². The van der Waals surface area contributed by atoms with Gasteiger partial charge in [0.05, 0.1) is 12.4 Å². The van der Waals surface area contributed by atoms with Crippen molar-refractivity contribution in [2.75, 3.05) is 13.2 Å². The smallest absolute Gasteiger partial charge is 0.242 e. The van der Waals surface area contributed by atoms with E-state index in [1.165, 1.54) is 10.9 Å². The number of rotatable bonds is 8. The van der Waals surface area contributed by atoms with Crippen molar-refractivity contribution in [3.63, 3.8) is 0 Å². The molecule has 1 atom stereocenters. The molecule has 5 nitrogen and oxygen atoms in total. The molecule has 0 N–H and O–H groups in total. The van der Waals surface area contributed by atoms with E-state index in [4.69, 9.17) is 9.47 Å². The third-order valence-corrected chi connectivity index (χ3v) is 3.53. The molecule has 0 amide bonds. The first-order valence-electron chi connectivity index (χ1n) is 7.64. The number of imidazole rings is 1. The molecule has 0 radical (unpaired) electrons. The van der Waals surface area contributed by atoms with Crippen molar-refractivity contribution in [3.8, 4) is 0 Å². The highest BCUT2D eigenvalue weighted by atomic mass is 19.1. The SMILES string of the molecule is CCOC(OCC)C(=O)c1c(F)ncn1[C@H](C)c1ccccc1. The summed E-state index contributed by atoms with van der Waals surface area (Å²) in [7, 11) is 0. The van der Waals surface area contributed by atoms with Gasteiger partial charge in [0, 0.05) is 13.2 Å². The molecule has 1 aromatic heterocycles. The van der Waals surface area contributed by atoms with Crippen LogP contribution in [0.5, 0.6) is 0 Å². The number of benzene rings is 1. The number of ether oxygens (including phenoxy) is 2. The van der Waals surface area contributed by atoms with Crippen LogP contribution in [-0.2, 0) is 9.47 Å². The van der Waals surface area contributed by atoms with E-state index in [9.17, 15) is 9.18 Å². The fraction of sp³-hybridized carbons (Fsp3) is 0.412. The number of nitrogens with zero attached hydrogens (tertiary/aromatic N) is 2. The summed E-state index contributed by atoms with van der Waals surface area (Å²) >= 11 is 0. The predicted octanol–water partition coefficient (Wildman–Crippen LogP) is 3.21. The van der Waals surface area contributed by atoms with Crippen molar-refractivity contribution in [1.82, 2.24) is 9.55 Å². The Labute approximate surface area is 135 Å². The van der Waals surface area contributed by atoms with Crippen molar-refractivity contribution < 1.29 is 18.7 Å². The van der Waals surface area contributed by atoms with Gasteiger partial charge in [-0.3, -0.25) is 4.79 Å². The van der Waals surface area contributed by atoms with E-state index in [1.807, 2.05) is 37.3 Å². The van der Waals surface area contributed by atoms with Crippen molar-refractivity contribution >= 4 is 5.78 Å². The van der Waals surface area contributed by atoms with Gasteiger partial charge >= 0.3 is 0 Å². The lowest BCUT2D eigenvalue weighted by molar-refractivity contribution is -0.108. The molecule has 2 rings (SSSR count). The Morgan fingerprint density at radius 3 is 2.39 bits per heavy atom. The standard InChI is InChI=1S/C17H21FN2O3/c1-4-22-17(23-5-2)15(21)14-16(18)19-11-20(14)12(3)13-9-7-6-8-10-13/h6-12,17H,4-5H2,1-3H3/t12-/m1/s1. The van der Waals surface area contributed by atoms with E-state index in [0.29, 0.717) is 13.2 Å². The zero-order valence-electron chi connectivity index (χ0n) is 13.5. The number of Topliss-reactive ketones (excluding diaryl/α,β-unsaturated/α-hetero) is 1. The Morgan fingerprint density at radius 1 is 1.22 bits per heavy atom. The number of hydrogen-bond acceptors (Lipinski definition) is 4. The lowest BCUT2D eigenvalue weighted by Gasteiger charge is -2.20. The molecule has 0 aliphatic carbocycles. The molecular weight excluding hydrogens is 299 g/mol. The Hall–Kier alpha value is -2.05. The Kier molecular flexibility index (Phi) is 6.01. The predicted molar refractivity (Wildman–Crippen MR) is 83.8 cm³/mol. The average Bonchev–Trinajstić information content (AvgIpc) is 2.95. The van der Waals surface area contributed by atoms with Crippen LogP contribution in [0.3, 0.4) is 0 Å². The fourth-order valence-corrected chi connectivity index (χ4v) is 2.37. The van der Waals surface area contributed by atoms with Crippen molar-refractivity contribution in [2.24, 2.45) is 0 Å². The summed E-state index contributed by atoms with van der Waals surface area (Å²) < 4.78 is 26.2. The Balaban J connectivity index is 2.36. The van der Waals surface area contributed by atoms with Crippen LogP contribution in [0.25, 0.3) is 0 Å². The van der Waals surface area contributed by atoms with Crippen molar-refractivity contribution in [3.05, 3.63) is 53.9 Å². The molecule has 6 heteroatoms. The van der Waals surface area contributed by atoms with Crippen LogP contribution in [0.15, 0.2) is 36.7 Å². The van der Waals surface area contributed by atoms with E-state index in [1.54, 1.807) is 13.8 Å². The maximum absolute atomic E-state index is 14.1. The van der Waals surface area contributed by atoms with E-state index in [2.05, 4.69) is 4.98 Å². The second-order valence-corrected chi connectivity index (χ2v) is 4.98. The average molecular weight is 320 g/mol. The summed E-state index contributed by atoms with van der Waals surface area (Å²) in [6, 6.07) is 9.28. The summed E-state index contributed by atoms with van der Waals surface area (Å²) in [5.74, 6) is -1.38. The molecule has 0 aliphatic rings. The monoisotopic (exact) mass is 320 g/mol. The largest absolute Gasteiger partial charge is 0.346 e. The lowest BCUT2D eigenvalue weighted by Crippen LogP contribution is -2.31. The van der Waals surface area contributed by atoms with Crippen LogP contribution in [-0.4, -0.2) is 34.8 Å². The van der Waals surface area contributed by atoms with Crippen LogP contribution < -0.4 is 0 Å². The highest BCUT2D eigenvalue weighted by Gasteiger charge is 2.29. The van der Waals surface area contributed by atoms with Crippen LogP contribution in [0.2, 0.25) is 0 Å². The summed E-state index contributed by atoms with van der Waals surface area (Å²) in [6.07, 6.45) is 0.202. The third-order valence-electron chi connectivity index (χ3n) is 3.53. The first-order valence-corrected chi connectivity index (χ1v) is 7.64. The second kappa shape index (κ2) is 7.99. The molecule has 23 heavy (non-hydrogen) atoms. The molecule has 0 bridgehead atoms. The maximum Gasteiger partial charge on any atom is 0.242 e. The summed E-state index contributed by atoms with van der Waals surface area (Å²) in [4.78, 5) is 16.3. The van der Waals surface area contributed by atoms with E-state index in [0.717, 1.165) is 5.56 Å². The molecule has 0 saturated carbocycles. The highest BCUT2D eigenvalue weighted by Crippen LogP contribution is 2.22.